The second-order valence-corrected chi connectivity index (χ2v) is 5.22. The molecule has 1 aliphatic carbocycles. The van der Waals surface area contributed by atoms with Crippen molar-refractivity contribution in [2.45, 2.75) is 31.9 Å². The van der Waals surface area contributed by atoms with Crippen molar-refractivity contribution in [3.8, 4) is 0 Å². The van der Waals surface area contributed by atoms with Crippen molar-refractivity contribution in [1.29, 1.82) is 0 Å². The summed E-state index contributed by atoms with van der Waals surface area (Å²) in [6.07, 6.45) is 2.71. The van der Waals surface area contributed by atoms with E-state index < -0.39 is 0 Å². The summed E-state index contributed by atoms with van der Waals surface area (Å²) in [5.74, 6) is 0.827. The maximum atomic E-state index is 8.99. The average Bonchev–Trinajstić information content (AvgIpc) is 3.31. The first kappa shape index (κ1) is 12.2. The highest BCUT2D eigenvalue weighted by Crippen LogP contribution is 2.39. The number of rotatable bonds is 5. The highest BCUT2D eigenvalue weighted by atomic mass is 16.3. The van der Waals surface area contributed by atoms with Gasteiger partial charge in [0.15, 0.2) is 0 Å². The summed E-state index contributed by atoms with van der Waals surface area (Å²) in [5.41, 5.74) is 4.81. The van der Waals surface area contributed by atoms with Gasteiger partial charge in [-0.05, 0) is 47.6 Å². The van der Waals surface area contributed by atoms with Crippen molar-refractivity contribution in [1.82, 2.24) is 0 Å². The highest BCUT2D eigenvalue weighted by Gasteiger charge is 2.22. The summed E-state index contributed by atoms with van der Waals surface area (Å²) in [7, 11) is 0. The summed E-state index contributed by atoms with van der Waals surface area (Å²) in [5, 5.41) is 12.4. The van der Waals surface area contributed by atoms with Gasteiger partial charge < -0.3 is 10.4 Å². The number of nitrogens with one attached hydrogen (secondary N) is 1. The maximum absolute atomic E-state index is 8.99. The molecule has 2 aromatic carbocycles. The van der Waals surface area contributed by atoms with Crippen LogP contribution in [0.2, 0.25) is 0 Å². The molecule has 1 saturated carbocycles. The van der Waals surface area contributed by atoms with Crippen molar-refractivity contribution in [3.05, 3.63) is 65.2 Å². The van der Waals surface area contributed by atoms with Gasteiger partial charge >= 0.3 is 0 Å². The van der Waals surface area contributed by atoms with E-state index in [2.05, 4.69) is 29.6 Å². The fraction of sp³-hybridized carbons (Fsp3) is 0.294. The lowest BCUT2D eigenvalue weighted by atomic mass is 10.1. The normalized spacial score (nSPS) is 14.4. The van der Waals surface area contributed by atoms with Gasteiger partial charge in [-0.1, -0.05) is 36.4 Å². The van der Waals surface area contributed by atoms with Gasteiger partial charge in [-0.3, -0.25) is 0 Å². The van der Waals surface area contributed by atoms with Crippen LogP contribution in [0.4, 0.5) is 5.69 Å². The Morgan fingerprint density at radius 3 is 2.11 bits per heavy atom. The van der Waals surface area contributed by atoms with Gasteiger partial charge in [0, 0.05) is 12.2 Å². The maximum Gasteiger partial charge on any atom is 0.0681 e. The van der Waals surface area contributed by atoms with Crippen LogP contribution in [0.15, 0.2) is 48.5 Å². The van der Waals surface area contributed by atoms with E-state index >= 15 is 0 Å². The van der Waals surface area contributed by atoms with Crippen molar-refractivity contribution in [2.24, 2.45) is 0 Å². The molecule has 0 amide bonds. The molecular formula is C17H19NO. The number of aliphatic hydroxyl groups excluding tert-OH is 1. The molecule has 19 heavy (non-hydrogen) atoms. The van der Waals surface area contributed by atoms with Crippen LogP contribution in [-0.2, 0) is 13.2 Å². The third kappa shape index (κ3) is 3.15. The molecule has 1 fully saturated rings. The predicted molar refractivity (Wildman–Crippen MR) is 78.1 cm³/mol. The summed E-state index contributed by atoms with van der Waals surface area (Å²) < 4.78 is 0. The quantitative estimate of drug-likeness (QED) is 0.852. The van der Waals surface area contributed by atoms with E-state index in [0.717, 1.165) is 23.7 Å². The zero-order valence-electron chi connectivity index (χ0n) is 11.0. The molecule has 0 saturated heterocycles. The van der Waals surface area contributed by atoms with Crippen molar-refractivity contribution >= 4 is 5.69 Å². The molecule has 3 rings (SSSR count). The average molecular weight is 253 g/mol. The summed E-state index contributed by atoms with van der Waals surface area (Å²) in [6.45, 7) is 0.937. The molecule has 2 nitrogen and oxygen atoms in total. The first-order valence-corrected chi connectivity index (χ1v) is 6.87. The second kappa shape index (κ2) is 5.45. The lowest BCUT2D eigenvalue weighted by Gasteiger charge is -2.08. The molecule has 2 aromatic rings. The van der Waals surface area contributed by atoms with E-state index in [1.165, 1.54) is 24.0 Å². The number of hydrogen-bond acceptors (Lipinski definition) is 2. The zero-order valence-corrected chi connectivity index (χ0v) is 11.0. The van der Waals surface area contributed by atoms with E-state index in [1.54, 1.807) is 0 Å². The minimum atomic E-state index is 0.100. The van der Waals surface area contributed by atoms with Gasteiger partial charge in [0.25, 0.3) is 0 Å². The monoisotopic (exact) mass is 253 g/mol. The SMILES string of the molecule is OCc1ccc(NCc2ccc(C3CC3)cc2)cc1. The molecule has 0 aliphatic heterocycles. The Bertz CT molecular complexity index is 526. The minimum Gasteiger partial charge on any atom is -0.392 e. The Kier molecular flexibility index (Phi) is 3.51. The molecule has 0 heterocycles. The van der Waals surface area contributed by atoms with Crippen molar-refractivity contribution in [3.63, 3.8) is 0 Å². The van der Waals surface area contributed by atoms with Gasteiger partial charge in [0.2, 0.25) is 0 Å². The highest BCUT2D eigenvalue weighted by molar-refractivity contribution is 5.45. The summed E-state index contributed by atoms with van der Waals surface area (Å²) in [6, 6.07) is 16.8. The molecular weight excluding hydrogens is 234 g/mol. The lowest BCUT2D eigenvalue weighted by Crippen LogP contribution is -1.99. The summed E-state index contributed by atoms with van der Waals surface area (Å²) >= 11 is 0. The molecule has 98 valence electrons. The van der Waals surface area contributed by atoms with Crippen LogP contribution in [0.25, 0.3) is 0 Å². The van der Waals surface area contributed by atoms with Crippen LogP contribution < -0.4 is 5.32 Å². The number of anilines is 1. The van der Waals surface area contributed by atoms with Crippen LogP contribution in [-0.4, -0.2) is 5.11 Å². The molecule has 0 atom stereocenters. The van der Waals surface area contributed by atoms with Crippen molar-refractivity contribution in [2.75, 3.05) is 5.32 Å². The smallest absolute Gasteiger partial charge is 0.0681 e. The number of benzene rings is 2. The van der Waals surface area contributed by atoms with Crippen LogP contribution in [0.5, 0.6) is 0 Å². The van der Waals surface area contributed by atoms with Crippen molar-refractivity contribution < 1.29 is 5.11 Å². The molecule has 1 aliphatic rings. The van der Waals surface area contributed by atoms with Crippen LogP contribution in [0, 0.1) is 0 Å². The lowest BCUT2D eigenvalue weighted by molar-refractivity contribution is 0.282. The second-order valence-electron chi connectivity index (χ2n) is 5.22. The summed E-state index contributed by atoms with van der Waals surface area (Å²) in [4.78, 5) is 0. The largest absolute Gasteiger partial charge is 0.392 e. The molecule has 0 spiro atoms. The zero-order chi connectivity index (χ0) is 13.1. The third-order valence-electron chi connectivity index (χ3n) is 3.66. The molecule has 2 heteroatoms. The van der Waals surface area contributed by atoms with E-state index in [-0.39, 0.29) is 6.61 Å². The van der Waals surface area contributed by atoms with Crippen LogP contribution in [0.1, 0.15) is 35.4 Å². The number of aliphatic hydroxyl groups is 1. The van der Waals surface area contributed by atoms with E-state index in [9.17, 15) is 0 Å². The van der Waals surface area contributed by atoms with Gasteiger partial charge in [-0.15, -0.1) is 0 Å². The van der Waals surface area contributed by atoms with Gasteiger partial charge in [-0.2, -0.15) is 0 Å². The fourth-order valence-corrected chi connectivity index (χ4v) is 2.26. The first-order chi connectivity index (χ1) is 9.35. The Balaban J connectivity index is 1.58. The first-order valence-electron chi connectivity index (χ1n) is 6.87. The molecule has 0 aromatic heterocycles. The van der Waals surface area contributed by atoms with E-state index in [4.69, 9.17) is 5.11 Å². The van der Waals surface area contributed by atoms with Crippen LogP contribution >= 0.6 is 0 Å². The van der Waals surface area contributed by atoms with E-state index in [0.29, 0.717) is 0 Å². The van der Waals surface area contributed by atoms with Crippen LogP contribution in [0.3, 0.4) is 0 Å². The Morgan fingerprint density at radius 2 is 1.53 bits per heavy atom. The Hall–Kier alpha value is -1.80. The molecule has 0 unspecified atom stereocenters. The molecule has 0 radical (unpaired) electrons. The van der Waals surface area contributed by atoms with Gasteiger partial charge in [0.1, 0.15) is 0 Å². The van der Waals surface area contributed by atoms with Gasteiger partial charge in [0.05, 0.1) is 6.61 Å². The third-order valence-corrected chi connectivity index (χ3v) is 3.66. The Labute approximate surface area is 114 Å². The molecule has 2 N–H and O–H groups in total. The standard InChI is InChI=1S/C17H19NO/c19-12-14-3-9-17(10-4-14)18-11-13-1-5-15(6-2-13)16-7-8-16/h1-6,9-10,16,18-19H,7-8,11-12H2. The van der Waals surface area contributed by atoms with E-state index in [1.807, 2.05) is 24.3 Å². The molecule has 0 bridgehead atoms. The topological polar surface area (TPSA) is 32.3 Å². The Morgan fingerprint density at radius 1 is 0.895 bits per heavy atom. The minimum absolute atomic E-state index is 0.100. The fourth-order valence-electron chi connectivity index (χ4n) is 2.26. The number of hydrogen-bond donors (Lipinski definition) is 2. The van der Waals surface area contributed by atoms with Gasteiger partial charge in [-0.25, -0.2) is 0 Å². The predicted octanol–water partition coefficient (Wildman–Crippen LogP) is 3.67.